The van der Waals surface area contributed by atoms with Gasteiger partial charge < -0.3 is 24.6 Å². The lowest BCUT2D eigenvalue weighted by Crippen LogP contribution is -2.52. The van der Waals surface area contributed by atoms with Crippen LogP contribution in [0.15, 0.2) is 0 Å². The van der Waals surface area contributed by atoms with Crippen LogP contribution in [0.5, 0.6) is 0 Å². The summed E-state index contributed by atoms with van der Waals surface area (Å²) in [5.74, 6) is -5.08. The largest absolute Gasteiger partial charge is 0.480 e. The predicted octanol–water partition coefficient (Wildman–Crippen LogP) is -0.133. The molecule has 0 aliphatic carbocycles. The van der Waals surface area contributed by atoms with E-state index in [0.717, 1.165) is 0 Å². The Morgan fingerprint density at radius 1 is 1.21 bits per heavy atom. The first kappa shape index (κ1) is 19.9. The number of carbonyl (C=O) groups excluding carboxylic acids is 3. The molecule has 1 aliphatic rings. The van der Waals surface area contributed by atoms with Gasteiger partial charge in [0.05, 0.1) is 25.6 Å². The molecule has 0 bridgehead atoms. The first-order valence-electron chi connectivity index (χ1n) is 7.87. The smallest absolute Gasteiger partial charge is 0.327 e. The Morgan fingerprint density at radius 3 is 2.38 bits per heavy atom. The van der Waals surface area contributed by atoms with Crippen molar-refractivity contribution in [3.05, 3.63) is 0 Å². The summed E-state index contributed by atoms with van der Waals surface area (Å²) in [4.78, 5) is 47.3. The highest BCUT2D eigenvalue weighted by Gasteiger charge is 2.39. The highest BCUT2D eigenvalue weighted by Crippen LogP contribution is 2.17. The fourth-order valence-corrected chi connectivity index (χ4v) is 2.35. The molecule has 1 fully saturated rings. The van der Waals surface area contributed by atoms with Gasteiger partial charge in [0.25, 0.3) is 0 Å². The van der Waals surface area contributed by atoms with E-state index in [1.54, 1.807) is 13.8 Å². The molecule has 0 saturated carbocycles. The normalized spacial score (nSPS) is 19.2. The molecule has 1 aliphatic heterocycles. The minimum Gasteiger partial charge on any atom is -0.480 e. The Kier molecular flexibility index (Phi) is 8.17. The van der Waals surface area contributed by atoms with Crippen molar-refractivity contribution < 1.29 is 38.5 Å². The van der Waals surface area contributed by atoms with Crippen molar-refractivity contribution in [2.75, 3.05) is 19.8 Å². The number of amides is 1. The lowest BCUT2D eigenvalue weighted by Gasteiger charge is -2.23. The summed E-state index contributed by atoms with van der Waals surface area (Å²) < 4.78 is 14.8. The fraction of sp³-hybridized carbons (Fsp3) is 0.733. The summed E-state index contributed by atoms with van der Waals surface area (Å²) in [6.45, 7) is 3.67. The van der Waals surface area contributed by atoms with Gasteiger partial charge in [0.2, 0.25) is 5.91 Å². The van der Waals surface area contributed by atoms with Gasteiger partial charge >= 0.3 is 17.9 Å². The van der Waals surface area contributed by atoms with Crippen LogP contribution in [0.4, 0.5) is 0 Å². The lowest BCUT2D eigenvalue weighted by molar-refractivity contribution is -0.160. The third-order valence-corrected chi connectivity index (χ3v) is 3.47. The zero-order chi connectivity index (χ0) is 18.1. The van der Waals surface area contributed by atoms with Crippen LogP contribution in [0.2, 0.25) is 0 Å². The minimum atomic E-state index is -1.61. The third kappa shape index (κ3) is 5.80. The van der Waals surface area contributed by atoms with E-state index in [9.17, 15) is 24.3 Å². The zero-order valence-electron chi connectivity index (χ0n) is 13.8. The summed E-state index contributed by atoms with van der Waals surface area (Å²) in [7, 11) is 0. The molecular formula is C15H23NO8. The van der Waals surface area contributed by atoms with Crippen molar-refractivity contribution >= 4 is 23.8 Å². The average molecular weight is 345 g/mol. The number of carboxylic acid groups (broad SMARTS) is 1. The number of aliphatic carboxylic acids is 1. The average Bonchev–Trinajstić information content (AvgIpc) is 3.05. The Hall–Kier alpha value is -2.16. The van der Waals surface area contributed by atoms with Crippen molar-refractivity contribution in [1.82, 2.24) is 5.32 Å². The van der Waals surface area contributed by atoms with Crippen molar-refractivity contribution in [1.29, 1.82) is 0 Å². The van der Waals surface area contributed by atoms with Gasteiger partial charge in [-0.25, -0.2) is 4.79 Å². The fourth-order valence-electron chi connectivity index (χ4n) is 2.35. The molecular weight excluding hydrogens is 322 g/mol. The second-order valence-corrected chi connectivity index (χ2v) is 5.19. The van der Waals surface area contributed by atoms with Gasteiger partial charge in [0.15, 0.2) is 0 Å². The monoisotopic (exact) mass is 345 g/mol. The van der Waals surface area contributed by atoms with E-state index in [0.29, 0.717) is 19.4 Å². The molecule has 24 heavy (non-hydrogen) atoms. The number of rotatable bonds is 9. The molecule has 1 saturated heterocycles. The standard InChI is InChI=1S/C15H23NO8/c1-3-22-11(17)8-9(15(21)23-4-2)12(14(19)20)16-13(18)10-6-5-7-24-10/h9-10,12H,3-8H2,1-2H3,(H,16,18)(H,19,20)/t9-,10+,12+/m0/s1. The first-order chi connectivity index (χ1) is 11.4. The van der Waals surface area contributed by atoms with Crippen LogP contribution in [0.25, 0.3) is 0 Å². The SMILES string of the molecule is CCOC(=O)C[C@H](C(=O)OCC)[C@@H](NC(=O)[C@H]1CCCO1)C(=O)O. The Labute approximate surface area is 139 Å². The first-order valence-corrected chi connectivity index (χ1v) is 7.87. The van der Waals surface area contributed by atoms with Crippen LogP contribution in [0.1, 0.15) is 33.1 Å². The topological polar surface area (TPSA) is 128 Å². The van der Waals surface area contributed by atoms with E-state index in [1.165, 1.54) is 0 Å². The van der Waals surface area contributed by atoms with Crippen LogP contribution in [-0.2, 0) is 33.4 Å². The number of nitrogens with one attached hydrogen (secondary N) is 1. The minimum absolute atomic E-state index is 0.0180. The number of hydrogen-bond acceptors (Lipinski definition) is 7. The van der Waals surface area contributed by atoms with Crippen LogP contribution in [0.3, 0.4) is 0 Å². The number of carboxylic acids is 1. The zero-order valence-corrected chi connectivity index (χ0v) is 13.8. The van der Waals surface area contributed by atoms with Gasteiger partial charge in [0, 0.05) is 6.61 Å². The van der Waals surface area contributed by atoms with E-state index in [2.05, 4.69) is 5.32 Å². The van der Waals surface area contributed by atoms with Crippen LogP contribution in [-0.4, -0.2) is 60.9 Å². The van der Waals surface area contributed by atoms with Gasteiger partial charge in [-0.3, -0.25) is 14.4 Å². The van der Waals surface area contributed by atoms with Gasteiger partial charge in [-0.05, 0) is 26.7 Å². The maximum absolute atomic E-state index is 12.1. The second kappa shape index (κ2) is 9.86. The van der Waals surface area contributed by atoms with Gasteiger partial charge in [0.1, 0.15) is 12.1 Å². The highest BCUT2D eigenvalue weighted by atomic mass is 16.5. The Balaban J connectivity index is 2.89. The summed E-state index contributed by atoms with van der Waals surface area (Å²) in [5.41, 5.74) is 0. The van der Waals surface area contributed by atoms with Crippen LogP contribution in [0, 0.1) is 5.92 Å². The molecule has 9 nitrogen and oxygen atoms in total. The van der Waals surface area contributed by atoms with Gasteiger partial charge in [-0.2, -0.15) is 0 Å². The van der Waals surface area contributed by atoms with E-state index in [-0.39, 0.29) is 13.2 Å². The molecule has 136 valence electrons. The maximum Gasteiger partial charge on any atom is 0.327 e. The van der Waals surface area contributed by atoms with E-state index in [4.69, 9.17) is 14.2 Å². The molecule has 0 spiro atoms. The number of esters is 2. The molecule has 1 amide bonds. The molecule has 1 rings (SSSR count). The molecule has 1 heterocycles. The summed E-state index contributed by atoms with van der Waals surface area (Å²) in [6.07, 6.45) is -0.0903. The van der Waals surface area contributed by atoms with Crippen molar-refractivity contribution in [2.45, 2.75) is 45.3 Å². The van der Waals surface area contributed by atoms with Crippen molar-refractivity contribution in [3.63, 3.8) is 0 Å². The van der Waals surface area contributed by atoms with Gasteiger partial charge in [-0.1, -0.05) is 0 Å². The molecule has 0 unspecified atom stereocenters. The van der Waals surface area contributed by atoms with Crippen molar-refractivity contribution in [3.8, 4) is 0 Å². The molecule has 0 radical (unpaired) electrons. The van der Waals surface area contributed by atoms with E-state index >= 15 is 0 Å². The van der Waals surface area contributed by atoms with Crippen LogP contribution < -0.4 is 5.32 Å². The summed E-state index contributed by atoms with van der Waals surface area (Å²) in [6, 6.07) is -1.61. The number of hydrogen-bond donors (Lipinski definition) is 2. The third-order valence-electron chi connectivity index (χ3n) is 3.47. The highest BCUT2D eigenvalue weighted by molar-refractivity contribution is 5.91. The molecule has 0 aromatic rings. The van der Waals surface area contributed by atoms with E-state index in [1.807, 2.05) is 0 Å². The second-order valence-electron chi connectivity index (χ2n) is 5.19. The van der Waals surface area contributed by atoms with Crippen molar-refractivity contribution in [2.24, 2.45) is 5.92 Å². The predicted molar refractivity (Wildman–Crippen MR) is 79.9 cm³/mol. The molecule has 2 N–H and O–H groups in total. The molecule has 9 heteroatoms. The van der Waals surface area contributed by atoms with Crippen LogP contribution >= 0.6 is 0 Å². The lowest BCUT2D eigenvalue weighted by atomic mass is 9.95. The Morgan fingerprint density at radius 2 is 1.88 bits per heavy atom. The quantitative estimate of drug-likeness (QED) is 0.553. The maximum atomic E-state index is 12.1. The summed E-state index contributed by atoms with van der Waals surface area (Å²) >= 11 is 0. The Bertz CT molecular complexity index is 472. The number of ether oxygens (including phenoxy) is 3. The van der Waals surface area contributed by atoms with E-state index < -0.39 is 48.3 Å². The summed E-state index contributed by atoms with van der Waals surface area (Å²) in [5, 5.41) is 11.7. The van der Waals surface area contributed by atoms with Gasteiger partial charge in [-0.15, -0.1) is 0 Å². The molecule has 0 aromatic carbocycles. The number of carbonyl (C=O) groups is 4. The molecule has 3 atom stereocenters. The molecule has 0 aromatic heterocycles.